The average molecular weight is 339 g/mol. The second-order valence-corrected chi connectivity index (χ2v) is 6.04. The molecule has 1 N–H and O–H groups in total. The quantitative estimate of drug-likeness (QED) is 0.759. The molecule has 1 aromatic carbocycles. The molecule has 0 aliphatic carbocycles. The van der Waals surface area contributed by atoms with Gasteiger partial charge in [0.2, 0.25) is 5.88 Å². The highest BCUT2D eigenvalue weighted by Gasteiger charge is 2.12. The molecule has 0 amide bonds. The molecule has 0 atom stereocenters. The van der Waals surface area contributed by atoms with Crippen molar-refractivity contribution in [2.75, 3.05) is 0 Å². The molecule has 0 aliphatic rings. The summed E-state index contributed by atoms with van der Waals surface area (Å²) in [6, 6.07) is 7.43. The first-order chi connectivity index (χ1) is 11.6. The van der Waals surface area contributed by atoms with Crippen molar-refractivity contribution in [1.29, 1.82) is 0 Å². The summed E-state index contributed by atoms with van der Waals surface area (Å²) in [6.07, 6.45) is 8.35. The number of benzene rings is 1. The van der Waals surface area contributed by atoms with Gasteiger partial charge in [-0.15, -0.1) is 11.3 Å². The average Bonchev–Trinajstić information content (AvgIpc) is 2.96. The van der Waals surface area contributed by atoms with Crippen LogP contribution in [0.4, 0.5) is 0 Å². The summed E-state index contributed by atoms with van der Waals surface area (Å²) in [5, 5.41) is 9.67. The second kappa shape index (κ2) is 7.01. The van der Waals surface area contributed by atoms with Crippen LogP contribution in [0.15, 0.2) is 42.9 Å². The van der Waals surface area contributed by atoms with E-state index in [4.69, 9.17) is 9.84 Å². The van der Waals surface area contributed by atoms with E-state index in [2.05, 4.69) is 15.0 Å². The molecule has 0 aliphatic heterocycles. The van der Waals surface area contributed by atoms with Crippen LogP contribution in [0.3, 0.4) is 0 Å². The van der Waals surface area contributed by atoms with E-state index in [0.717, 1.165) is 5.56 Å². The van der Waals surface area contributed by atoms with Crippen LogP contribution in [0.1, 0.15) is 25.9 Å². The number of carboxylic acids is 1. The van der Waals surface area contributed by atoms with Crippen molar-refractivity contribution in [3.05, 3.63) is 64.0 Å². The second-order valence-electron chi connectivity index (χ2n) is 4.81. The topological polar surface area (TPSA) is 85.2 Å². The van der Waals surface area contributed by atoms with Gasteiger partial charge < -0.3 is 9.84 Å². The minimum atomic E-state index is -1.01. The molecule has 0 radical (unpaired) electrons. The number of thiazole rings is 1. The van der Waals surface area contributed by atoms with E-state index in [0.29, 0.717) is 21.5 Å². The Bertz CT molecular complexity index is 874. The Balaban J connectivity index is 1.70. The zero-order valence-corrected chi connectivity index (χ0v) is 13.5. The summed E-state index contributed by atoms with van der Waals surface area (Å²) < 4.78 is 5.57. The Kier molecular flexibility index (Phi) is 4.62. The zero-order chi connectivity index (χ0) is 16.9. The summed E-state index contributed by atoms with van der Waals surface area (Å²) >= 11 is 1.35. The van der Waals surface area contributed by atoms with Gasteiger partial charge in [-0.1, -0.05) is 18.2 Å². The number of ether oxygens (including phenoxy) is 1. The van der Waals surface area contributed by atoms with Gasteiger partial charge in [-0.2, -0.15) is 0 Å². The Morgan fingerprint density at radius 1 is 1.21 bits per heavy atom. The normalized spacial score (nSPS) is 10.9. The van der Waals surface area contributed by atoms with Gasteiger partial charge >= 0.3 is 5.97 Å². The van der Waals surface area contributed by atoms with Gasteiger partial charge in [-0.3, -0.25) is 4.98 Å². The SMILES string of the molecule is Cc1sc(/C=C/c2ccc(Oc3cnccn3)cc2)nc1C(=O)O. The van der Waals surface area contributed by atoms with Crippen LogP contribution < -0.4 is 4.74 Å². The molecule has 0 saturated carbocycles. The number of carbonyl (C=O) groups is 1. The highest BCUT2D eigenvalue weighted by molar-refractivity contribution is 7.12. The predicted octanol–water partition coefficient (Wildman–Crippen LogP) is 3.90. The highest BCUT2D eigenvalue weighted by Crippen LogP contribution is 2.22. The maximum atomic E-state index is 11.0. The van der Waals surface area contributed by atoms with E-state index in [-0.39, 0.29) is 5.69 Å². The van der Waals surface area contributed by atoms with E-state index < -0.39 is 5.97 Å². The van der Waals surface area contributed by atoms with Crippen LogP contribution >= 0.6 is 11.3 Å². The first-order valence-corrected chi connectivity index (χ1v) is 7.86. The van der Waals surface area contributed by atoms with Crippen LogP contribution in [0.5, 0.6) is 11.6 Å². The molecule has 3 aromatic rings. The monoisotopic (exact) mass is 339 g/mol. The number of hydrogen-bond donors (Lipinski definition) is 1. The van der Waals surface area contributed by atoms with E-state index in [1.807, 2.05) is 30.3 Å². The van der Waals surface area contributed by atoms with E-state index in [1.54, 1.807) is 31.6 Å². The molecule has 0 unspecified atom stereocenters. The molecule has 0 bridgehead atoms. The van der Waals surface area contributed by atoms with E-state index in [1.165, 1.54) is 11.3 Å². The van der Waals surface area contributed by atoms with Crippen LogP contribution in [-0.4, -0.2) is 26.0 Å². The summed E-state index contributed by atoms with van der Waals surface area (Å²) in [5.74, 6) is 0.0834. The maximum absolute atomic E-state index is 11.0. The summed E-state index contributed by atoms with van der Waals surface area (Å²) in [5.41, 5.74) is 1.05. The fourth-order valence-corrected chi connectivity index (χ4v) is 2.78. The van der Waals surface area contributed by atoms with Crippen molar-refractivity contribution in [2.24, 2.45) is 0 Å². The fourth-order valence-electron chi connectivity index (χ4n) is 1.96. The van der Waals surface area contributed by atoms with Gasteiger partial charge in [0.25, 0.3) is 0 Å². The van der Waals surface area contributed by atoms with Crippen molar-refractivity contribution in [2.45, 2.75) is 6.92 Å². The van der Waals surface area contributed by atoms with Gasteiger partial charge in [-0.05, 0) is 30.7 Å². The van der Waals surface area contributed by atoms with Crippen molar-refractivity contribution in [3.63, 3.8) is 0 Å². The first-order valence-electron chi connectivity index (χ1n) is 7.04. The largest absolute Gasteiger partial charge is 0.476 e. The minimum Gasteiger partial charge on any atom is -0.476 e. The standard InChI is InChI=1S/C17H13N3O3S/c1-11-16(17(21)22)20-15(24-11)7-4-12-2-5-13(6-3-12)23-14-10-18-8-9-19-14/h2-10H,1H3,(H,21,22)/b7-4+. The Morgan fingerprint density at radius 2 is 2.00 bits per heavy atom. The molecular formula is C17H13N3O3S. The minimum absolute atomic E-state index is 0.104. The number of rotatable bonds is 5. The number of nitrogens with zero attached hydrogens (tertiary/aromatic N) is 3. The van der Waals surface area contributed by atoms with Crippen LogP contribution in [0.2, 0.25) is 0 Å². The van der Waals surface area contributed by atoms with Crippen LogP contribution in [0, 0.1) is 6.92 Å². The lowest BCUT2D eigenvalue weighted by molar-refractivity contribution is 0.0690. The molecule has 0 saturated heterocycles. The van der Waals surface area contributed by atoms with Crippen molar-refractivity contribution >= 4 is 29.5 Å². The molecule has 2 aromatic heterocycles. The third kappa shape index (κ3) is 3.82. The number of aromatic carboxylic acids is 1. The van der Waals surface area contributed by atoms with Gasteiger partial charge in [0.05, 0.1) is 6.20 Å². The number of aryl methyl sites for hydroxylation is 1. The lowest BCUT2D eigenvalue weighted by Crippen LogP contribution is -1.98. The molecule has 6 nitrogen and oxygen atoms in total. The van der Waals surface area contributed by atoms with Gasteiger partial charge in [0.15, 0.2) is 5.69 Å². The van der Waals surface area contributed by atoms with Crippen LogP contribution in [0.25, 0.3) is 12.2 Å². The third-order valence-electron chi connectivity index (χ3n) is 3.08. The van der Waals surface area contributed by atoms with Crippen molar-refractivity contribution in [1.82, 2.24) is 15.0 Å². The summed E-state index contributed by atoms with van der Waals surface area (Å²) in [4.78, 5) is 23.8. The third-order valence-corrected chi connectivity index (χ3v) is 4.01. The molecule has 120 valence electrons. The Morgan fingerprint density at radius 3 is 2.62 bits per heavy atom. The van der Waals surface area contributed by atoms with Crippen LogP contribution in [-0.2, 0) is 0 Å². The molecule has 7 heteroatoms. The smallest absolute Gasteiger partial charge is 0.355 e. The maximum Gasteiger partial charge on any atom is 0.355 e. The Hall–Kier alpha value is -3.06. The lowest BCUT2D eigenvalue weighted by Gasteiger charge is -2.03. The summed E-state index contributed by atoms with van der Waals surface area (Å²) in [6.45, 7) is 1.75. The molecular weight excluding hydrogens is 326 g/mol. The number of aromatic nitrogens is 3. The summed E-state index contributed by atoms with van der Waals surface area (Å²) in [7, 11) is 0. The number of hydrogen-bond acceptors (Lipinski definition) is 6. The number of carboxylic acid groups (broad SMARTS) is 1. The molecule has 0 fully saturated rings. The van der Waals surface area contributed by atoms with Gasteiger partial charge in [0.1, 0.15) is 10.8 Å². The van der Waals surface area contributed by atoms with Crippen molar-refractivity contribution < 1.29 is 14.6 Å². The van der Waals surface area contributed by atoms with Gasteiger partial charge in [0, 0.05) is 17.3 Å². The van der Waals surface area contributed by atoms with E-state index in [9.17, 15) is 4.79 Å². The predicted molar refractivity (Wildman–Crippen MR) is 91.3 cm³/mol. The van der Waals surface area contributed by atoms with E-state index >= 15 is 0 Å². The molecule has 2 heterocycles. The highest BCUT2D eigenvalue weighted by atomic mass is 32.1. The molecule has 3 rings (SSSR count). The fraction of sp³-hybridized carbons (Fsp3) is 0.0588. The Labute approximate surface area is 142 Å². The first kappa shape index (κ1) is 15.8. The lowest BCUT2D eigenvalue weighted by atomic mass is 10.2. The van der Waals surface area contributed by atoms with Crippen molar-refractivity contribution in [3.8, 4) is 11.6 Å². The zero-order valence-electron chi connectivity index (χ0n) is 12.7. The molecule has 0 spiro atoms. The van der Waals surface area contributed by atoms with Gasteiger partial charge in [-0.25, -0.2) is 14.8 Å². The molecule has 24 heavy (non-hydrogen) atoms.